The smallest absolute Gasteiger partial charge is 0.277 e. The average molecular weight is 354 g/mol. The number of carbonyl (C=O) groups is 2. The Hall–Kier alpha value is -3.49. The maximum Gasteiger partial charge on any atom is 0.277 e. The van der Waals surface area contributed by atoms with Crippen molar-refractivity contribution in [3.8, 4) is 5.69 Å². The molecule has 26 heavy (non-hydrogen) atoms. The average Bonchev–Trinajstić information content (AvgIpc) is 3.31. The molecule has 0 atom stereocenters. The van der Waals surface area contributed by atoms with Gasteiger partial charge in [0.25, 0.3) is 11.8 Å². The summed E-state index contributed by atoms with van der Waals surface area (Å²) >= 11 is 0. The number of hydrogen-bond acceptors (Lipinski definition) is 4. The van der Waals surface area contributed by atoms with Gasteiger partial charge in [-0.2, -0.15) is 10.2 Å². The predicted molar refractivity (Wildman–Crippen MR) is 90.6 cm³/mol. The van der Waals surface area contributed by atoms with Crippen molar-refractivity contribution in [1.82, 2.24) is 20.0 Å². The first-order chi connectivity index (χ1) is 12.5. The number of primary amides is 1. The van der Waals surface area contributed by atoms with Gasteiger partial charge >= 0.3 is 0 Å². The third-order valence-corrected chi connectivity index (χ3v) is 4.31. The van der Waals surface area contributed by atoms with E-state index in [9.17, 15) is 14.0 Å². The standard InChI is InChI=1S/C17H15FN6O2/c18-10-5-1-2-6-13(10)24-12-7-3-4-9(12)15(23-24)17(26)20-14-8-11(16(19)25)21-22-14/h1-2,5-6,8H,3-4,7H2,(H2,19,25)(H2,20,21,22,26). The summed E-state index contributed by atoms with van der Waals surface area (Å²) in [6, 6.07) is 7.64. The molecule has 2 amide bonds. The number of aromatic nitrogens is 4. The van der Waals surface area contributed by atoms with Crippen LogP contribution in [0, 0.1) is 5.82 Å². The SMILES string of the molecule is NC(=O)c1cc(NC(=O)c2nn(-c3ccccc3F)c3c2CCC3)n[nH]1. The Bertz CT molecular complexity index is 1020. The van der Waals surface area contributed by atoms with Gasteiger partial charge in [0, 0.05) is 17.3 Å². The first-order valence-corrected chi connectivity index (χ1v) is 8.07. The summed E-state index contributed by atoms with van der Waals surface area (Å²) < 4.78 is 15.7. The van der Waals surface area contributed by atoms with Gasteiger partial charge in [0.05, 0.1) is 0 Å². The number of fused-ring (bicyclic) bond motifs is 1. The van der Waals surface area contributed by atoms with Crippen LogP contribution in [0.1, 0.15) is 38.7 Å². The van der Waals surface area contributed by atoms with Crippen LogP contribution in [-0.2, 0) is 12.8 Å². The number of nitrogens with two attached hydrogens (primary N) is 1. The fourth-order valence-corrected chi connectivity index (χ4v) is 3.13. The van der Waals surface area contributed by atoms with E-state index in [0.29, 0.717) is 12.1 Å². The molecule has 0 unspecified atom stereocenters. The molecule has 0 spiro atoms. The number of hydrogen-bond donors (Lipinski definition) is 3. The Morgan fingerprint density at radius 1 is 1.27 bits per heavy atom. The zero-order valence-electron chi connectivity index (χ0n) is 13.6. The van der Waals surface area contributed by atoms with Crippen LogP contribution in [0.3, 0.4) is 0 Å². The summed E-state index contributed by atoms with van der Waals surface area (Å²) in [6.07, 6.45) is 2.29. The molecular weight excluding hydrogens is 339 g/mol. The minimum Gasteiger partial charge on any atom is -0.364 e. The molecule has 9 heteroatoms. The fourth-order valence-electron chi connectivity index (χ4n) is 3.13. The highest BCUT2D eigenvalue weighted by Gasteiger charge is 2.28. The molecule has 1 aliphatic rings. The molecule has 1 aliphatic carbocycles. The lowest BCUT2D eigenvalue weighted by Crippen LogP contribution is -2.15. The second-order valence-corrected chi connectivity index (χ2v) is 5.98. The number of para-hydroxylation sites is 1. The second-order valence-electron chi connectivity index (χ2n) is 5.98. The Kier molecular flexibility index (Phi) is 3.76. The fraction of sp³-hybridized carbons (Fsp3) is 0.176. The Labute approximate surface area is 147 Å². The van der Waals surface area contributed by atoms with Gasteiger partial charge in [-0.3, -0.25) is 14.7 Å². The highest BCUT2D eigenvalue weighted by molar-refractivity contribution is 6.04. The number of rotatable bonds is 4. The molecule has 2 heterocycles. The molecule has 0 radical (unpaired) electrons. The number of nitrogens with one attached hydrogen (secondary N) is 2. The summed E-state index contributed by atoms with van der Waals surface area (Å²) in [5.74, 6) is -1.39. The topological polar surface area (TPSA) is 119 Å². The van der Waals surface area contributed by atoms with Crippen LogP contribution in [0.25, 0.3) is 5.69 Å². The number of halogens is 1. The number of nitrogens with zero attached hydrogens (tertiary/aromatic N) is 3. The van der Waals surface area contributed by atoms with E-state index in [1.807, 2.05) is 0 Å². The monoisotopic (exact) mass is 354 g/mol. The molecule has 0 fully saturated rings. The van der Waals surface area contributed by atoms with E-state index >= 15 is 0 Å². The lowest BCUT2D eigenvalue weighted by molar-refractivity contribution is 0.0992. The van der Waals surface area contributed by atoms with Gasteiger partial charge in [-0.25, -0.2) is 9.07 Å². The largest absolute Gasteiger partial charge is 0.364 e. The third-order valence-electron chi connectivity index (χ3n) is 4.31. The van der Waals surface area contributed by atoms with Crippen LogP contribution in [0.2, 0.25) is 0 Å². The van der Waals surface area contributed by atoms with Crippen molar-refractivity contribution in [3.05, 3.63) is 58.8 Å². The van der Waals surface area contributed by atoms with Gasteiger partial charge in [-0.15, -0.1) is 0 Å². The first kappa shape index (κ1) is 16.0. The van der Waals surface area contributed by atoms with Crippen LogP contribution < -0.4 is 11.1 Å². The van der Waals surface area contributed by atoms with Crippen LogP contribution in [-0.4, -0.2) is 31.8 Å². The highest BCUT2D eigenvalue weighted by Crippen LogP contribution is 2.29. The van der Waals surface area contributed by atoms with Crippen molar-refractivity contribution in [2.24, 2.45) is 5.73 Å². The van der Waals surface area contributed by atoms with E-state index in [1.54, 1.807) is 18.2 Å². The van der Waals surface area contributed by atoms with Gasteiger partial charge in [0.1, 0.15) is 17.2 Å². The van der Waals surface area contributed by atoms with Gasteiger partial charge in [0.15, 0.2) is 11.5 Å². The van der Waals surface area contributed by atoms with E-state index in [2.05, 4.69) is 20.6 Å². The minimum absolute atomic E-state index is 0.0856. The van der Waals surface area contributed by atoms with Crippen molar-refractivity contribution in [1.29, 1.82) is 0 Å². The van der Waals surface area contributed by atoms with E-state index in [4.69, 9.17) is 5.73 Å². The van der Waals surface area contributed by atoms with E-state index < -0.39 is 17.6 Å². The Balaban J connectivity index is 1.69. The molecular formula is C17H15FN6O2. The quantitative estimate of drug-likeness (QED) is 0.659. The van der Waals surface area contributed by atoms with Gasteiger partial charge in [-0.05, 0) is 31.4 Å². The molecule has 0 aliphatic heterocycles. The van der Waals surface area contributed by atoms with Crippen LogP contribution >= 0.6 is 0 Å². The molecule has 2 aromatic heterocycles. The first-order valence-electron chi connectivity index (χ1n) is 8.07. The van der Waals surface area contributed by atoms with Gasteiger partial charge in [-0.1, -0.05) is 12.1 Å². The van der Waals surface area contributed by atoms with Crippen LogP contribution in [0.4, 0.5) is 10.2 Å². The Morgan fingerprint density at radius 2 is 2.08 bits per heavy atom. The zero-order valence-corrected chi connectivity index (χ0v) is 13.6. The maximum absolute atomic E-state index is 14.2. The summed E-state index contributed by atoms with van der Waals surface area (Å²) in [6.45, 7) is 0. The van der Waals surface area contributed by atoms with Crippen LogP contribution in [0.5, 0.6) is 0 Å². The maximum atomic E-state index is 14.2. The molecule has 0 bridgehead atoms. The lowest BCUT2D eigenvalue weighted by atomic mass is 10.2. The molecule has 3 aromatic rings. The molecule has 1 aromatic carbocycles. The third kappa shape index (κ3) is 2.63. The number of carbonyl (C=O) groups excluding carboxylic acids is 2. The number of aromatic amines is 1. The number of benzene rings is 1. The normalized spacial score (nSPS) is 12.8. The highest BCUT2D eigenvalue weighted by atomic mass is 19.1. The number of H-pyrrole nitrogens is 1. The van der Waals surface area contributed by atoms with E-state index in [0.717, 1.165) is 24.1 Å². The zero-order chi connectivity index (χ0) is 18.3. The molecule has 4 rings (SSSR count). The molecule has 0 saturated heterocycles. The summed E-state index contributed by atoms with van der Waals surface area (Å²) in [5, 5.41) is 13.2. The van der Waals surface area contributed by atoms with Crippen molar-refractivity contribution in [2.75, 3.05) is 5.32 Å². The molecule has 4 N–H and O–H groups in total. The Morgan fingerprint density at radius 3 is 2.81 bits per heavy atom. The van der Waals surface area contributed by atoms with E-state index in [-0.39, 0.29) is 17.2 Å². The second kappa shape index (κ2) is 6.10. The lowest BCUT2D eigenvalue weighted by Gasteiger charge is -2.06. The number of amides is 2. The molecule has 132 valence electrons. The molecule has 8 nitrogen and oxygen atoms in total. The van der Waals surface area contributed by atoms with Crippen LogP contribution in [0.15, 0.2) is 30.3 Å². The van der Waals surface area contributed by atoms with Crippen molar-refractivity contribution < 1.29 is 14.0 Å². The van der Waals surface area contributed by atoms with Crippen molar-refractivity contribution in [3.63, 3.8) is 0 Å². The summed E-state index contributed by atoms with van der Waals surface area (Å²) in [5.41, 5.74) is 7.40. The van der Waals surface area contributed by atoms with Gasteiger partial charge in [0.2, 0.25) is 0 Å². The number of anilines is 1. The van der Waals surface area contributed by atoms with Crippen molar-refractivity contribution in [2.45, 2.75) is 19.3 Å². The van der Waals surface area contributed by atoms with Crippen molar-refractivity contribution >= 4 is 17.6 Å². The van der Waals surface area contributed by atoms with Gasteiger partial charge < -0.3 is 11.1 Å². The predicted octanol–water partition coefficient (Wildman–Crippen LogP) is 1.57. The summed E-state index contributed by atoms with van der Waals surface area (Å²) in [4.78, 5) is 23.7. The van der Waals surface area contributed by atoms with E-state index in [1.165, 1.54) is 16.8 Å². The molecule has 0 saturated carbocycles. The summed E-state index contributed by atoms with van der Waals surface area (Å²) in [7, 11) is 0. The minimum atomic E-state index is -0.678.